The molecular formula is C8H14O2. The highest BCUT2D eigenvalue weighted by Gasteiger charge is 2.23. The molecule has 1 rings (SSSR count). The van der Waals surface area contributed by atoms with Gasteiger partial charge in [-0.05, 0) is 30.8 Å². The maximum absolute atomic E-state index is 9.12. The average molecular weight is 142 g/mol. The van der Waals surface area contributed by atoms with Crippen LogP contribution < -0.4 is 0 Å². The average Bonchev–Trinajstić information content (AvgIpc) is 2.34. The first-order valence-corrected chi connectivity index (χ1v) is 3.70. The van der Waals surface area contributed by atoms with Crippen LogP contribution in [0.2, 0.25) is 0 Å². The summed E-state index contributed by atoms with van der Waals surface area (Å²) < 4.78 is 0. The highest BCUT2D eigenvalue weighted by Crippen LogP contribution is 2.29. The van der Waals surface area contributed by atoms with Crippen LogP contribution in [-0.2, 0) is 0 Å². The molecule has 0 aromatic rings. The zero-order valence-corrected chi connectivity index (χ0v) is 6.08. The molecule has 10 heavy (non-hydrogen) atoms. The van der Waals surface area contributed by atoms with Gasteiger partial charge in [-0.1, -0.05) is 6.58 Å². The summed E-state index contributed by atoms with van der Waals surface area (Å²) in [4.78, 5) is 0. The first-order valence-electron chi connectivity index (χ1n) is 3.70. The molecule has 2 nitrogen and oxygen atoms in total. The Morgan fingerprint density at radius 3 is 2.60 bits per heavy atom. The molecule has 2 N–H and O–H groups in total. The van der Waals surface area contributed by atoms with Crippen molar-refractivity contribution in [3.63, 3.8) is 0 Å². The van der Waals surface area contributed by atoms with Crippen molar-refractivity contribution >= 4 is 0 Å². The minimum atomic E-state index is -0.159. The zero-order valence-electron chi connectivity index (χ0n) is 6.08. The molecule has 0 saturated heterocycles. The van der Waals surface area contributed by atoms with E-state index in [1.165, 1.54) is 0 Å². The monoisotopic (exact) mass is 142 g/mol. The van der Waals surface area contributed by atoms with Crippen LogP contribution in [0.5, 0.6) is 0 Å². The Labute approximate surface area is 61.2 Å². The minimum Gasteiger partial charge on any atom is -0.393 e. The lowest BCUT2D eigenvalue weighted by Crippen LogP contribution is -2.04. The van der Waals surface area contributed by atoms with Crippen LogP contribution in [0.1, 0.15) is 19.3 Å². The molecule has 0 aliphatic heterocycles. The molecule has 0 aromatic carbocycles. The van der Waals surface area contributed by atoms with Gasteiger partial charge in [0, 0.05) is 0 Å². The Kier molecular flexibility index (Phi) is 2.46. The summed E-state index contributed by atoms with van der Waals surface area (Å²) in [6.07, 6.45) is 2.48. The van der Waals surface area contributed by atoms with Gasteiger partial charge in [0.2, 0.25) is 0 Å². The van der Waals surface area contributed by atoms with E-state index in [0.29, 0.717) is 5.92 Å². The van der Waals surface area contributed by atoms with Gasteiger partial charge in [-0.15, -0.1) is 0 Å². The first-order chi connectivity index (χ1) is 4.74. The maximum atomic E-state index is 9.12. The molecule has 1 aliphatic rings. The SMILES string of the molecule is C=C(CO)C1CCC(O)C1. The smallest absolute Gasteiger partial charge is 0.0641 e. The van der Waals surface area contributed by atoms with Crippen molar-refractivity contribution in [1.29, 1.82) is 0 Å². The lowest BCUT2D eigenvalue weighted by molar-refractivity contribution is 0.178. The van der Waals surface area contributed by atoms with E-state index in [1.54, 1.807) is 0 Å². The number of hydrogen-bond donors (Lipinski definition) is 2. The van der Waals surface area contributed by atoms with Crippen molar-refractivity contribution < 1.29 is 10.2 Å². The summed E-state index contributed by atoms with van der Waals surface area (Å²) in [5.74, 6) is 0.361. The molecule has 2 unspecified atom stereocenters. The molecule has 0 bridgehead atoms. The number of aliphatic hydroxyl groups excluding tert-OH is 2. The second kappa shape index (κ2) is 3.17. The lowest BCUT2D eigenvalue weighted by Gasteiger charge is -2.08. The van der Waals surface area contributed by atoms with Gasteiger partial charge >= 0.3 is 0 Å². The van der Waals surface area contributed by atoms with E-state index in [2.05, 4.69) is 6.58 Å². The third kappa shape index (κ3) is 1.58. The van der Waals surface area contributed by atoms with Crippen molar-refractivity contribution in [2.45, 2.75) is 25.4 Å². The van der Waals surface area contributed by atoms with Crippen molar-refractivity contribution in [3.8, 4) is 0 Å². The van der Waals surface area contributed by atoms with Crippen LogP contribution in [0.3, 0.4) is 0 Å². The van der Waals surface area contributed by atoms with Crippen LogP contribution in [0.25, 0.3) is 0 Å². The van der Waals surface area contributed by atoms with E-state index in [1.807, 2.05) is 0 Å². The Morgan fingerprint density at radius 1 is 1.50 bits per heavy atom. The van der Waals surface area contributed by atoms with Crippen LogP contribution in [0, 0.1) is 5.92 Å². The van der Waals surface area contributed by atoms with Gasteiger partial charge < -0.3 is 10.2 Å². The summed E-state index contributed by atoms with van der Waals surface area (Å²) in [6, 6.07) is 0. The third-order valence-electron chi connectivity index (χ3n) is 2.19. The predicted molar refractivity (Wildman–Crippen MR) is 39.6 cm³/mol. The fourth-order valence-electron chi connectivity index (χ4n) is 1.46. The van der Waals surface area contributed by atoms with Gasteiger partial charge in [-0.25, -0.2) is 0 Å². The second-order valence-electron chi connectivity index (χ2n) is 2.98. The first kappa shape index (κ1) is 7.76. The van der Waals surface area contributed by atoms with Gasteiger partial charge in [0.25, 0.3) is 0 Å². The molecule has 1 aliphatic carbocycles. The van der Waals surface area contributed by atoms with E-state index in [4.69, 9.17) is 10.2 Å². The van der Waals surface area contributed by atoms with Gasteiger partial charge in [-0.2, -0.15) is 0 Å². The Bertz CT molecular complexity index is 131. The van der Waals surface area contributed by atoms with Crippen LogP contribution in [0.4, 0.5) is 0 Å². The van der Waals surface area contributed by atoms with Crippen molar-refractivity contribution in [2.75, 3.05) is 6.61 Å². The fourth-order valence-corrected chi connectivity index (χ4v) is 1.46. The van der Waals surface area contributed by atoms with Crippen molar-refractivity contribution in [2.24, 2.45) is 5.92 Å². The third-order valence-corrected chi connectivity index (χ3v) is 2.19. The van der Waals surface area contributed by atoms with E-state index in [-0.39, 0.29) is 12.7 Å². The summed E-state index contributed by atoms with van der Waals surface area (Å²) >= 11 is 0. The molecule has 0 heterocycles. The Balaban J connectivity index is 2.37. The van der Waals surface area contributed by atoms with Gasteiger partial charge in [-0.3, -0.25) is 0 Å². The molecule has 1 fully saturated rings. The molecule has 58 valence electrons. The standard InChI is InChI=1S/C8H14O2/c1-6(5-9)7-2-3-8(10)4-7/h7-10H,1-5H2. The van der Waals surface area contributed by atoms with E-state index in [0.717, 1.165) is 24.8 Å². The van der Waals surface area contributed by atoms with Gasteiger partial charge in [0.15, 0.2) is 0 Å². The summed E-state index contributed by atoms with van der Waals surface area (Å²) in [7, 11) is 0. The molecule has 0 amide bonds. The molecule has 2 atom stereocenters. The van der Waals surface area contributed by atoms with Crippen molar-refractivity contribution in [3.05, 3.63) is 12.2 Å². The highest BCUT2D eigenvalue weighted by atomic mass is 16.3. The molecule has 0 radical (unpaired) electrons. The number of hydrogen-bond acceptors (Lipinski definition) is 2. The summed E-state index contributed by atoms with van der Waals surface area (Å²) in [5, 5.41) is 17.8. The van der Waals surface area contributed by atoms with Crippen molar-refractivity contribution in [1.82, 2.24) is 0 Å². The molecule has 1 saturated carbocycles. The summed E-state index contributed by atoms with van der Waals surface area (Å²) in [6.45, 7) is 3.80. The van der Waals surface area contributed by atoms with Gasteiger partial charge in [0.05, 0.1) is 12.7 Å². The Hall–Kier alpha value is -0.340. The van der Waals surface area contributed by atoms with E-state index < -0.39 is 0 Å². The van der Waals surface area contributed by atoms with Crippen LogP contribution in [0.15, 0.2) is 12.2 Å². The normalized spacial score (nSPS) is 32.6. The van der Waals surface area contributed by atoms with E-state index in [9.17, 15) is 0 Å². The summed E-state index contributed by atoms with van der Waals surface area (Å²) in [5.41, 5.74) is 0.872. The molecule has 2 heteroatoms. The number of aliphatic hydroxyl groups is 2. The topological polar surface area (TPSA) is 40.5 Å². The number of rotatable bonds is 2. The highest BCUT2D eigenvalue weighted by molar-refractivity contribution is 5.03. The molecule has 0 spiro atoms. The second-order valence-corrected chi connectivity index (χ2v) is 2.98. The van der Waals surface area contributed by atoms with Crippen LogP contribution in [-0.4, -0.2) is 22.9 Å². The molecular weight excluding hydrogens is 128 g/mol. The maximum Gasteiger partial charge on any atom is 0.0641 e. The fraction of sp³-hybridized carbons (Fsp3) is 0.750. The van der Waals surface area contributed by atoms with E-state index >= 15 is 0 Å². The van der Waals surface area contributed by atoms with Crippen LogP contribution >= 0.6 is 0 Å². The minimum absolute atomic E-state index is 0.0669. The predicted octanol–water partition coefficient (Wildman–Crippen LogP) is 0.696. The lowest BCUT2D eigenvalue weighted by atomic mass is 10.00. The van der Waals surface area contributed by atoms with Gasteiger partial charge in [0.1, 0.15) is 0 Å². The largest absolute Gasteiger partial charge is 0.393 e. The molecule has 0 aromatic heterocycles. The zero-order chi connectivity index (χ0) is 7.56. The quantitative estimate of drug-likeness (QED) is 0.557. The Morgan fingerprint density at radius 2 is 2.20 bits per heavy atom.